The van der Waals surface area contributed by atoms with E-state index < -0.39 is 5.97 Å². The Morgan fingerprint density at radius 3 is 2.33 bits per heavy atom. The molecule has 9 nitrogen and oxygen atoms in total. The molecule has 2 N–H and O–H groups in total. The summed E-state index contributed by atoms with van der Waals surface area (Å²) in [7, 11) is 0. The molecule has 2 aliphatic heterocycles. The van der Waals surface area contributed by atoms with Crippen LogP contribution in [0.2, 0.25) is 10.0 Å². The van der Waals surface area contributed by atoms with Crippen LogP contribution in [0.1, 0.15) is 45.9 Å². The molecule has 4 heterocycles. The molecule has 3 atom stereocenters. The minimum absolute atomic E-state index is 0. The average Bonchev–Trinajstić information content (AvgIpc) is 3.11. The zero-order valence-corrected chi connectivity index (χ0v) is 20.0. The summed E-state index contributed by atoms with van der Waals surface area (Å²) in [6.07, 6.45) is 3.24. The van der Waals surface area contributed by atoms with Crippen molar-refractivity contribution in [2.75, 3.05) is 36.0 Å². The number of aromatic nitrogens is 3. The van der Waals surface area contributed by atoms with Crippen LogP contribution in [0.3, 0.4) is 0 Å². The number of carbonyl (C=O) groups is 2. The van der Waals surface area contributed by atoms with Crippen molar-refractivity contribution < 1.29 is 33.6 Å². The Bertz CT molecular complexity index is 1080. The molecule has 2 saturated heterocycles. The molecule has 33 heavy (non-hydrogen) atoms. The summed E-state index contributed by atoms with van der Waals surface area (Å²) in [6.45, 7) is 4.75. The van der Waals surface area contributed by atoms with Crippen LogP contribution in [0.5, 0.6) is 0 Å². The number of aromatic amines is 1. The predicted octanol–water partition coefficient (Wildman–Crippen LogP) is -1.36. The first-order valence-electron chi connectivity index (χ1n) is 10.8. The maximum atomic E-state index is 12.6. The van der Waals surface area contributed by atoms with Crippen LogP contribution in [0, 0.1) is 18.8 Å². The third-order valence-corrected chi connectivity index (χ3v) is 7.59. The standard InChI is InChI=1S/C21H24Cl2N6O3.Li/c1-10-15(22)16(23)18(24-10)19(30)27-17-11-8-29(9-12(11)17)14-7-13(20(31)32)25-21(26-14)28-5-3-2-4-6-28;/h7,11-12,17,24H,2-6,8-9H2,1H3,(H,27,30)(H,31,32);/q;+1/p-1/t11-,12+,17?;. The number of anilines is 2. The number of aryl methyl sites for hydroxylation is 1. The minimum Gasteiger partial charge on any atom is -0.543 e. The number of rotatable bonds is 5. The van der Waals surface area contributed by atoms with Crippen LogP contribution in [0.15, 0.2) is 6.07 Å². The Kier molecular flexibility index (Phi) is 6.88. The number of amides is 1. The summed E-state index contributed by atoms with van der Waals surface area (Å²) in [5, 5.41) is 15.2. The fraction of sp³-hybridized carbons (Fsp3) is 0.524. The van der Waals surface area contributed by atoms with Crippen LogP contribution in [-0.4, -0.2) is 59.0 Å². The van der Waals surface area contributed by atoms with Crippen molar-refractivity contribution in [1.82, 2.24) is 20.3 Å². The molecule has 1 saturated carbocycles. The third kappa shape index (κ3) is 4.56. The van der Waals surface area contributed by atoms with Gasteiger partial charge in [-0.1, -0.05) is 23.2 Å². The largest absolute Gasteiger partial charge is 1.00 e. The number of piperidine rings is 2. The maximum absolute atomic E-state index is 12.6. The number of nitrogens with zero attached hydrogens (tertiary/aromatic N) is 4. The second-order valence-corrected chi connectivity index (χ2v) is 9.49. The molecule has 0 spiro atoms. The Labute approximate surface area is 213 Å². The summed E-state index contributed by atoms with van der Waals surface area (Å²) >= 11 is 12.2. The van der Waals surface area contributed by atoms with Gasteiger partial charge in [-0.2, -0.15) is 4.98 Å². The Morgan fingerprint density at radius 2 is 1.76 bits per heavy atom. The van der Waals surface area contributed by atoms with E-state index in [0.717, 1.165) is 32.4 Å². The van der Waals surface area contributed by atoms with Crippen LogP contribution in [-0.2, 0) is 0 Å². The van der Waals surface area contributed by atoms with Crippen molar-refractivity contribution in [3.05, 3.63) is 33.2 Å². The second-order valence-electron chi connectivity index (χ2n) is 8.73. The number of carboxylic acid groups (broad SMARTS) is 1. The first-order chi connectivity index (χ1) is 15.3. The first kappa shape index (κ1) is 24.2. The van der Waals surface area contributed by atoms with Gasteiger partial charge >= 0.3 is 18.9 Å². The summed E-state index contributed by atoms with van der Waals surface area (Å²) in [6, 6.07) is 1.52. The van der Waals surface area contributed by atoms with E-state index >= 15 is 0 Å². The smallest absolute Gasteiger partial charge is 0.543 e. The molecule has 0 radical (unpaired) electrons. The molecule has 5 rings (SSSR count). The van der Waals surface area contributed by atoms with Gasteiger partial charge in [-0.15, -0.1) is 0 Å². The predicted molar refractivity (Wildman–Crippen MR) is 118 cm³/mol. The average molecular weight is 485 g/mol. The van der Waals surface area contributed by atoms with E-state index in [1.54, 1.807) is 6.92 Å². The van der Waals surface area contributed by atoms with Crippen molar-refractivity contribution in [2.45, 2.75) is 32.2 Å². The molecule has 170 valence electrons. The molecule has 2 aromatic heterocycles. The number of carboxylic acids is 1. The molecular weight excluding hydrogens is 462 g/mol. The SMILES string of the molecule is Cc1[nH]c(C(=O)NC2[C@H]3CN(c4cc(C(=O)[O-])nc(N5CCCCC5)n4)C[C@@H]23)c(Cl)c1Cl.[Li+]. The van der Waals surface area contributed by atoms with Gasteiger partial charge < -0.3 is 30.0 Å². The number of aromatic carboxylic acids is 1. The fourth-order valence-corrected chi connectivity index (χ4v) is 5.22. The normalized spacial score (nSPS) is 23.7. The zero-order valence-electron chi connectivity index (χ0n) is 18.5. The first-order valence-corrected chi connectivity index (χ1v) is 11.5. The molecule has 1 unspecified atom stereocenters. The number of halogens is 2. The summed E-state index contributed by atoms with van der Waals surface area (Å²) in [5.41, 5.74) is 0.826. The zero-order chi connectivity index (χ0) is 22.6. The summed E-state index contributed by atoms with van der Waals surface area (Å²) in [5.74, 6) is -0.0109. The van der Waals surface area contributed by atoms with Crippen molar-refractivity contribution >= 4 is 46.8 Å². The van der Waals surface area contributed by atoms with Crippen LogP contribution >= 0.6 is 23.2 Å². The maximum Gasteiger partial charge on any atom is 1.00 e. The van der Waals surface area contributed by atoms with E-state index in [2.05, 4.69) is 25.2 Å². The molecule has 0 bridgehead atoms. The van der Waals surface area contributed by atoms with E-state index in [1.165, 1.54) is 6.07 Å². The van der Waals surface area contributed by atoms with Gasteiger partial charge in [0.15, 0.2) is 0 Å². The van der Waals surface area contributed by atoms with Gasteiger partial charge in [0, 0.05) is 55.8 Å². The Balaban J connectivity index is 0.00000259. The van der Waals surface area contributed by atoms with Crippen molar-refractivity contribution in [3.63, 3.8) is 0 Å². The topological polar surface area (TPSA) is 117 Å². The molecule has 3 aliphatic rings. The molecule has 1 aliphatic carbocycles. The second kappa shape index (κ2) is 9.38. The van der Waals surface area contributed by atoms with Gasteiger partial charge in [0.25, 0.3) is 5.91 Å². The van der Waals surface area contributed by atoms with E-state index in [4.69, 9.17) is 23.2 Å². The van der Waals surface area contributed by atoms with Crippen LogP contribution < -0.4 is 39.1 Å². The van der Waals surface area contributed by atoms with E-state index in [0.29, 0.717) is 35.6 Å². The van der Waals surface area contributed by atoms with Gasteiger partial charge in [0.1, 0.15) is 11.5 Å². The number of nitrogens with one attached hydrogen (secondary N) is 2. The summed E-state index contributed by atoms with van der Waals surface area (Å²) < 4.78 is 0. The number of hydrogen-bond donors (Lipinski definition) is 2. The fourth-order valence-electron chi connectivity index (χ4n) is 4.80. The van der Waals surface area contributed by atoms with Crippen molar-refractivity contribution in [3.8, 4) is 0 Å². The Hall–Kier alpha value is -1.92. The van der Waals surface area contributed by atoms with Crippen LogP contribution in [0.4, 0.5) is 11.8 Å². The minimum atomic E-state index is -1.31. The van der Waals surface area contributed by atoms with Crippen molar-refractivity contribution in [2.24, 2.45) is 11.8 Å². The number of H-pyrrole nitrogens is 1. The van der Waals surface area contributed by atoms with E-state index in [1.807, 2.05) is 4.90 Å². The number of hydrogen-bond acceptors (Lipinski definition) is 7. The monoisotopic (exact) mass is 484 g/mol. The molecule has 1 amide bonds. The van der Waals surface area contributed by atoms with E-state index in [9.17, 15) is 14.7 Å². The summed E-state index contributed by atoms with van der Waals surface area (Å²) in [4.78, 5) is 40.0. The molecule has 2 aromatic rings. The quantitative estimate of drug-likeness (QED) is 0.503. The number of fused-ring (bicyclic) bond motifs is 1. The molecule has 12 heteroatoms. The van der Waals surface area contributed by atoms with Crippen molar-refractivity contribution in [1.29, 1.82) is 0 Å². The van der Waals surface area contributed by atoms with Crippen LogP contribution in [0.25, 0.3) is 0 Å². The van der Waals surface area contributed by atoms with Gasteiger partial charge in [-0.05, 0) is 26.2 Å². The molecule has 0 aromatic carbocycles. The van der Waals surface area contributed by atoms with Gasteiger partial charge in [0.05, 0.1) is 21.7 Å². The van der Waals surface area contributed by atoms with E-state index in [-0.39, 0.29) is 59.1 Å². The molecular formula is C21H23Cl2LiN6O3. The third-order valence-electron chi connectivity index (χ3n) is 6.65. The van der Waals surface area contributed by atoms with Gasteiger partial charge in [-0.3, -0.25) is 4.79 Å². The molecule has 3 fully saturated rings. The van der Waals surface area contributed by atoms with Gasteiger partial charge in [0.2, 0.25) is 5.95 Å². The Morgan fingerprint density at radius 1 is 1.09 bits per heavy atom. The number of carbonyl (C=O) groups excluding carboxylic acids is 2. The van der Waals surface area contributed by atoms with Gasteiger partial charge in [-0.25, -0.2) is 4.98 Å².